The number of likely N-dealkylation sites (tertiary alicyclic amines) is 1. The molecule has 0 aliphatic carbocycles. The number of likely N-dealkylation sites (N-methyl/N-ethyl adjacent to an activating group) is 1. The second-order valence-corrected chi connectivity index (χ2v) is 38.2. The number of aliphatic carboxylic acids is 5. The number of esters is 2. The van der Waals surface area contributed by atoms with Gasteiger partial charge in [-0.3, -0.25) is 77.4 Å². The van der Waals surface area contributed by atoms with E-state index in [1.54, 1.807) is 67.6 Å². The summed E-state index contributed by atoms with van der Waals surface area (Å²) < 4.78 is 16.8. The lowest BCUT2D eigenvalue weighted by Gasteiger charge is -2.39. The van der Waals surface area contributed by atoms with Gasteiger partial charge in [0.1, 0.15) is 71.4 Å². The Balaban J connectivity index is 1.11. The molecule has 14 atom stereocenters. The minimum atomic E-state index is -1.91. The van der Waals surface area contributed by atoms with Gasteiger partial charge in [0.15, 0.2) is 12.8 Å². The molecule has 1 aliphatic heterocycles. The Labute approximate surface area is 829 Å². The fourth-order valence-corrected chi connectivity index (χ4v) is 17.7. The number of aromatic hydroxyl groups is 1. The zero-order chi connectivity index (χ0) is 104. The molecule has 0 radical (unpaired) electrons. The molecule has 47 heteroatoms. The third-order valence-electron chi connectivity index (χ3n) is 23.0. The Hall–Kier alpha value is -12.8. The summed E-state index contributed by atoms with van der Waals surface area (Å²) in [6.07, 6.45) is 2.43. The minimum absolute atomic E-state index is 0.00300. The highest BCUT2D eigenvalue weighted by Gasteiger charge is 2.41. The van der Waals surface area contributed by atoms with Crippen molar-refractivity contribution < 1.29 is 136 Å². The number of phenols is 1. The number of nitrogens with zero attached hydrogens (tertiary/aromatic N) is 3. The second kappa shape index (κ2) is 63.8. The largest absolute Gasteiger partial charge is 0.508 e. The molecule has 0 saturated carbocycles. The number of urea groups is 1. The Morgan fingerprint density at radius 1 is 0.582 bits per heavy atom. The van der Waals surface area contributed by atoms with Crippen LogP contribution in [-0.4, -0.2) is 276 Å². The molecule has 1 aromatic heterocycles. The monoisotopic (exact) mass is 2030 g/mol. The molecule has 4 aromatic rings. The summed E-state index contributed by atoms with van der Waals surface area (Å²) in [5.74, 6) is -17.9. The zero-order valence-corrected chi connectivity index (χ0v) is 83.0. The second-order valence-electron chi connectivity index (χ2n) is 34.7. The first kappa shape index (κ1) is 119. The van der Waals surface area contributed by atoms with E-state index in [2.05, 4.69) is 63.7 Å². The molecular weight excluding hydrogens is 1900 g/mol. The lowest BCUT2D eigenvalue weighted by molar-refractivity contribution is -0.161. The Bertz CT molecular complexity index is 4780. The van der Waals surface area contributed by atoms with E-state index in [4.69, 9.17) is 25.1 Å². The van der Waals surface area contributed by atoms with Crippen LogP contribution in [0.5, 0.6) is 5.75 Å². The van der Waals surface area contributed by atoms with Crippen LogP contribution in [0, 0.1) is 17.8 Å². The summed E-state index contributed by atoms with van der Waals surface area (Å²) >= 11 is 1.01. The molecule has 0 spiro atoms. The van der Waals surface area contributed by atoms with Crippen LogP contribution in [0.15, 0.2) is 90.3 Å². The smallest absolute Gasteiger partial charge is 0.426 e. The Kier molecular flexibility index (Phi) is 53.7. The first-order valence-corrected chi connectivity index (χ1v) is 50.4. The van der Waals surface area contributed by atoms with Gasteiger partial charge in [0.2, 0.25) is 53.2 Å². The number of benzene rings is 3. The van der Waals surface area contributed by atoms with Gasteiger partial charge in [0.25, 0.3) is 5.91 Å². The van der Waals surface area contributed by atoms with Crippen molar-refractivity contribution in [2.24, 2.45) is 23.5 Å². The average Bonchev–Trinajstić information content (AvgIpc) is 1.80. The first-order valence-electron chi connectivity index (χ1n) is 47.0. The van der Waals surface area contributed by atoms with Gasteiger partial charge in [-0.05, 0) is 125 Å². The number of unbranched alkanes of at least 4 members (excludes halogenated alkanes) is 4. The van der Waals surface area contributed by atoms with E-state index in [0.29, 0.717) is 75.5 Å². The van der Waals surface area contributed by atoms with E-state index >= 15 is 4.79 Å². The van der Waals surface area contributed by atoms with Crippen molar-refractivity contribution in [3.8, 4) is 5.75 Å². The maximum atomic E-state index is 15.1. The minimum Gasteiger partial charge on any atom is -0.508 e. The van der Waals surface area contributed by atoms with E-state index in [-0.39, 0.29) is 117 Å². The number of hydrogen-bond donors (Lipinski definition) is 19. The number of aryl methyl sites for hydroxylation is 1. The van der Waals surface area contributed by atoms with Crippen LogP contribution >= 0.6 is 32.9 Å². The van der Waals surface area contributed by atoms with Crippen molar-refractivity contribution in [1.82, 2.24) is 78.8 Å². The Morgan fingerprint density at radius 2 is 1.20 bits per heavy atom. The van der Waals surface area contributed by atoms with Crippen LogP contribution in [0.2, 0.25) is 0 Å². The van der Waals surface area contributed by atoms with Gasteiger partial charge in [0, 0.05) is 93.4 Å². The highest BCUT2D eigenvalue weighted by Crippen LogP contribution is 2.33. The van der Waals surface area contributed by atoms with Gasteiger partial charge in [-0.15, -0.1) is 11.3 Å². The number of nitrogens with one attached hydrogen (secondary N) is 12. The van der Waals surface area contributed by atoms with Crippen LogP contribution in [0.3, 0.4) is 0 Å². The van der Waals surface area contributed by atoms with E-state index in [1.165, 1.54) is 36.3 Å². The van der Waals surface area contributed by atoms with Crippen molar-refractivity contribution in [2.75, 3.05) is 51.5 Å². The molecule has 3 aromatic carbocycles. The number of hydrogen-bond acceptors (Lipinski definition) is 29. The summed E-state index contributed by atoms with van der Waals surface area (Å²) in [6.45, 7) is 11.5. The van der Waals surface area contributed by atoms with Crippen molar-refractivity contribution in [3.63, 3.8) is 0 Å². The number of ether oxygens (including phenoxy) is 3. The number of aromatic nitrogens is 1. The molecule has 1 saturated heterocycles. The van der Waals surface area contributed by atoms with Gasteiger partial charge in [-0.2, -0.15) is 0 Å². The molecule has 0 bridgehead atoms. The maximum Gasteiger partial charge on any atom is 0.426 e. The SMILES string of the molecule is CCCC(=O)OCN(C(=O)[C@@H](NC(=O)[C@H]1CCCCCN1C)C(C)CC)[C@H](C[C@@H](OC(C)=O)c1nc(C(=O)N[C@@H](Cc2ccc(O)cc2)C[C@H](C)C(=O)NNC(=O)OCCSSC[C@H](NC(=O)[C@H](CC(=O)O)NC(=O)[C@@H](N)CNC(=O)[C@H](Cc2ccccc2)NC(=O)[C@H](CCc2ccccc2)NC(=O)CCCCCCCNC(=O)CC[C@H](NC(=O)N[C@@H](CCC(=O)O)C(=O)O)C(=O)O)C(=O)O)cs1)C(C)C. The average molecular weight is 2030 g/mol. The van der Waals surface area contributed by atoms with E-state index in [9.17, 15) is 112 Å². The lowest BCUT2D eigenvalue weighted by atomic mass is 9.92. The number of carbonyl (C=O) groups is 19. The molecule has 1 fully saturated rings. The normalized spacial score (nSPS) is 15.2. The molecule has 2 heterocycles. The quantitative estimate of drug-likeness (QED) is 0.00688. The van der Waals surface area contributed by atoms with Crippen LogP contribution in [0.1, 0.15) is 222 Å². The summed E-state index contributed by atoms with van der Waals surface area (Å²) in [5.41, 5.74) is 12.6. The predicted molar refractivity (Wildman–Crippen MR) is 518 cm³/mol. The van der Waals surface area contributed by atoms with Gasteiger partial charge in [-0.25, -0.2) is 34.4 Å². The lowest BCUT2D eigenvalue weighted by Crippen LogP contribution is -2.58. The highest BCUT2D eigenvalue weighted by atomic mass is 33.1. The van der Waals surface area contributed by atoms with Crippen LogP contribution in [-0.2, 0) is 110 Å². The number of amides is 13. The van der Waals surface area contributed by atoms with Crippen molar-refractivity contribution in [3.05, 3.63) is 118 Å². The molecular formula is C94H136N16O28S3. The van der Waals surface area contributed by atoms with Crippen molar-refractivity contribution >= 4 is 146 Å². The molecule has 141 heavy (non-hydrogen) atoms. The molecule has 778 valence electrons. The summed E-state index contributed by atoms with van der Waals surface area (Å²) in [7, 11) is 3.78. The predicted octanol–water partition coefficient (Wildman–Crippen LogP) is 5.03. The molecule has 5 rings (SSSR count). The molecule has 44 nitrogen and oxygen atoms in total. The Morgan fingerprint density at radius 3 is 1.82 bits per heavy atom. The number of nitrogens with two attached hydrogens (primary N) is 1. The molecule has 13 amide bonds. The van der Waals surface area contributed by atoms with E-state index in [0.717, 1.165) is 57.8 Å². The summed E-state index contributed by atoms with van der Waals surface area (Å²) in [5, 5.41) is 84.6. The topological polar surface area (TPSA) is 663 Å². The standard InChI is InChI=1S/C94H136N16O28S3/c1-9-25-79(119)137-54-110(89(127)80(56(5)10-2)106-87(126)72-30-21-16-24-43-109(72)8)73(55(3)4)50-74(138-58(7)111)88-103-70(52-139-88)86(125)98-62(47-61-32-35-63(112)36-33-61)46-57(6)81(120)107-108-94(135)136-44-45-140-141-53-71(92(132)133)102-85(124)69(49-78(117)118)100-82(121)64(95)51-97-83(122)68(48-60-28-19-15-20-29-60)101-84(123)65(37-34-59-26-17-14-18-27-59)99-76(114)31-22-12-11-13-23-42-96-75(113)40-38-66(90(128)129)104-93(134)105-67(91(130)131)39-41-77(115)116/h14-15,17-20,26-29,32-33,35-36,52,55-57,62,64-69,71-74,80,112H,9-13,16,21-25,30-31,34,37-51,53-54,95H2,1-8H3,(H,96,113)(H,97,122)(H,98,125)(H,99,114)(H,100,121)(H,101,123)(H,102,124)(H,106,126)(H,107,120)(H,108,135)(H,115,116)(H,117,118)(H,128,129)(H,130,131)(H,132,133)(H2,104,105,134)/t56?,57-,62+,64-,65-,66-,67-,68-,69-,71-,72+,73+,74+,80-/m0/s1. The molecule has 20 N–H and O–H groups in total. The summed E-state index contributed by atoms with van der Waals surface area (Å²) in [4.78, 5) is 257. The van der Waals surface area contributed by atoms with Crippen LogP contribution in [0.4, 0.5) is 9.59 Å². The van der Waals surface area contributed by atoms with Gasteiger partial charge >= 0.3 is 53.9 Å². The maximum absolute atomic E-state index is 15.1. The van der Waals surface area contributed by atoms with Crippen molar-refractivity contribution in [2.45, 2.75) is 275 Å². The van der Waals surface area contributed by atoms with E-state index < -0.39 is 218 Å². The first-order chi connectivity index (χ1) is 67.1. The number of rotatable bonds is 64. The van der Waals surface area contributed by atoms with E-state index in [1.807, 2.05) is 57.1 Å². The third-order valence-corrected chi connectivity index (χ3v) is 26.3. The van der Waals surface area contributed by atoms with Gasteiger partial charge in [0.05, 0.1) is 12.5 Å². The number of hydrazine groups is 1. The zero-order valence-electron chi connectivity index (χ0n) is 80.5. The fourth-order valence-electron chi connectivity index (χ4n) is 14.9. The van der Waals surface area contributed by atoms with Crippen molar-refractivity contribution in [1.29, 1.82) is 0 Å². The molecule has 1 unspecified atom stereocenters. The van der Waals surface area contributed by atoms with Gasteiger partial charge in [-0.1, -0.05) is 174 Å². The summed E-state index contributed by atoms with van der Waals surface area (Å²) in [6, 6.07) is 8.41. The number of carbonyl (C=O) groups excluding carboxylic acids is 14. The molecule has 1 aliphatic rings. The van der Waals surface area contributed by atoms with Gasteiger partial charge < -0.3 is 109 Å². The number of carboxylic acids is 5. The van der Waals surface area contributed by atoms with Crippen LogP contribution < -0.4 is 69.8 Å². The highest BCUT2D eigenvalue weighted by molar-refractivity contribution is 8.76. The fraction of sp³-hybridized carbons (Fsp3) is 0.574. The third kappa shape index (κ3) is 45.6. The number of carboxylic acid groups (broad SMARTS) is 5. The number of thiazole rings is 1. The van der Waals surface area contributed by atoms with Crippen LogP contribution in [0.25, 0.3) is 0 Å². The number of phenolic OH excluding ortho intramolecular Hbond substituents is 1.